The van der Waals surface area contributed by atoms with Gasteiger partial charge in [0, 0.05) is 43.0 Å². The van der Waals surface area contributed by atoms with E-state index >= 15 is 0 Å². The van der Waals surface area contributed by atoms with Crippen LogP contribution >= 0.6 is 0 Å². The fraction of sp³-hybridized carbons (Fsp3) is 0.333. The quantitative estimate of drug-likeness (QED) is 0.739. The topological polar surface area (TPSA) is 94.3 Å². The van der Waals surface area contributed by atoms with E-state index < -0.39 is 0 Å². The Morgan fingerprint density at radius 3 is 3.00 bits per heavy atom. The smallest absolute Gasteiger partial charge is 0.266 e. The van der Waals surface area contributed by atoms with Crippen molar-refractivity contribution in [2.75, 3.05) is 0 Å². The molecular weight excluding hydrogens is 354 g/mol. The van der Waals surface area contributed by atoms with Gasteiger partial charge in [0.15, 0.2) is 0 Å². The lowest BCUT2D eigenvalue weighted by Gasteiger charge is -2.35. The molecule has 2 atom stereocenters. The van der Waals surface area contributed by atoms with Crippen LogP contribution in [0.3, 0.4) is 0 Å². The van der Waals surface area contributed by atoms with E-state index in [-0.39, 0.29) is 22.7 Å². The molecule has 2 unspecified atom stereocenters. The summed E-state index contributed by atoms with van der Waals surface area (Å²) < 4.78 is 1.57. The molecule has 1 saturated heterocycles. The molecule has 7 nitrogen and oxygen atoms in total. The Labute approximate surface area is 160 Å². The second-order valence-electron chi connectivity index (χ2n) is 7.65. The third-order valence-electron chi connectivity index (χ3n) is 6.00. The number of aromatic amines is 1. The van der Waals surface area contributed by atoms with Crippen molar-refractivity contribution in [3.63, 3.8) is 0 Å². The molecule has 3 aromatic heterocycles. The zero-order valence-electron chi connectivity index (χ0n) is 15.5. The maximum absolute atomic E-state index is 12.5. The van der Waals surface area contributed by atoms with Crippen LogP contribution in [0.5, 0.6) is 0 Å². The number of hydrogen-bond donors (Lipinski definition) is 1. The van der Waals surface area contributed by atoms with Gasteiger partial charge in [-0.2, -0.15) is 5.26 Å². The van der Waals surface area contributed by atoms with Crippen LogP contribution < -0.4 is 11.1 Å². The monoisotopic (exact) mass is 373 g/mol. The number of nitrogens with zero attached hydrogens (tertiary/aromatic N) is 4. The lowest BCUT2D eigenvalue weighted by Crippen LogP contribution is -2.39. The highest BCUT2D eigenvalue weighted by atomic mass is 16.1. The Morgan fingerprint density at radius 1 is 1.32 bits per heavy atom. The number of aromatic nitrogens is 3. The van der Waals surface area contributed by atoms with E-state index in [9.17, 15) is 14.9 Å². The minimum Gasteiger partial charge on any atom is -0.325 e. The molecular formula is C21H19N5O2. The van der Waals surface area contributed by atoms with Crippen molar-refractivity contribution in [1.29, 1.82) is 5.26 Å². The first kappa shape index (κ1) is 16.9. The van der Waals surface area contributed by atoms with Crippen LogP contribution in [0.4, 0.5) is 0 Å². The van der Waals surface area contributed by atoms with E-state index in [1.807, 2.05) is 25.1 Å². The van der Waals surface area contributed by atoms with Crippen LogP contribution in [0.15, 0.2) is 40.1 Å². The number of hydrogen-bond acceptors (Lipinski definition) is 5. The number of nitriles is 1. The zero-order chi connectivity index (χ0) is 19.4. The first-order chi connectivity index (χ1) is 13.5. The van der Waals surface area contributed by atoms with Crippen molar-refractivity contribution >= 4 is 5.65 Å². The molecule has 0 spiro atoms. The van der Waals surface area contributed by atoms with Crippen LogP contribution in [0.2, 0.25) is 0 Å². The van der Waals surface area contributed by atoms with E-state index in [2.05, 4.69) is 9.88 Å². The summed E-state index contributed by atoms with van der Waals surface area (Å²) in [5.41, 5.74) is 4.13. The van der Waals surface area contributed by atoms with E-state index in [4.69, 9.17) is 4.98 Å². The summed E-state index contributed by atoms with van der Waals surface area (Å²) in [6.07, 6.45) is 4.48. The minimum atomic E-state index is -0.311. The first-order valence-corrected chi connectivity index (χ1v) is 9.45. The summed E-state index contributed by atoms with van der Waals surface area (Å²) in [4.78, 5) is 34.5. The normalized spacial score (nSPS) is 20.9. The van der Waals surface area contributed by atoms with Gasteiger partial charge in [-0.25, -0.2) is 4.98 Å². The molecule has 5 heterocycles. The Hall–Kier alpha value is -3.24. The highest BCUT2D eigenvalue weighted by Gasteiger charge is 2.40. The van der Waals surface area contributed by atoms with Gasteiger partial charge in [-0.05, 0) is 43.0 Å². The Kier molecular flexibility index (Phi) is 3.71. The summed E-state index contributed by atoms with van der Waals surface area (Å²) in [6, 6.07) is 9.56. The molecule has 0 radical (unpaired) electrons. The maximum Gasteiger partial charge on any atom is 0.266 e. The van der Waals surface area contributed by atoms with Gasteiger partial charge >= 0.3 is 0 Å². The fourth-order valence-corrected chi connectivity index (χ4v) is 4.68. The molecule has 2 aliphatic heterocycles. The molecule has 140 valence electrons. The van der Waals surface area contributed by atoms with Crippen LogP contribution in [0.1, 0.15) is 47.0 Å². The van der Waals surface area contributed by atoms with Crippen molar-refractivity contribution in [2.45, 2.75) is 44.8 Å². The lowest BCUT2D eigenvalue weighted by atomic mass is 9.96. The van der Waals surface area contributed by atoms with E-state index in [1.54, 1.807) is 22.7 Å². The van der Waals surface area contributed by atoms with Crippen molar-refractivity contribution < 1.29 is 0 Å². The van der Waals surface area contributed by atoms with Gasteiger partial charge < -0.3 is 4.98 Å². The third-order valence-corrected chi connectivity index (χ3v) is 6.00. The van der Waals surface area contributed by atoms with Gasteiger partial charge in [0.25, 0.3) is 11.1 Å². The molecule has 0 aliphatic carbocycles. The highest BCUT2D eigenvalue weighted by Crippen LogP contribution is 2.43. The van der Waals surface area contributed by atoms with E-state index in [1.165, 1.54) is 0 Å². The van der Waals surface area contributed by atoms with Crippen LogP contribution in [0, 0.1) is 18.3 Å². The second kappa shape index (κ2) is 6.14. The maximum atomic E-state index is 12.5. The van der Waals surface area contributed by atoms with Gasteiger partial charge in [0.05, 0.1) is 5.69 Å². The second-order valence-corrected chi connectivity index (χ2v) is 7.65. The molecule has 1 fully saturated rings. The average molecular weight is 373 g/mol. The van der Waals surface area contributed by atoms with E-state index in [0.29, 0.717) is 18.2 Å². The summed E-state index contributed by atoms with van der Waals surface area (Å²) in [5.74, 6) is 0. The molecule has 7 heteroatoms. The van der Waals surface area contributed by atoms with Gasteiger partial charge in [0.1, 0.15) is 17.3 Å². The minimum absolute atomic E-state index is 0.0791. The molecule has 3 aromatic rings. The summed E-state index contributed by atoms with van der Waals surface area (Å²) in [7, 11) is 0. The third kappa shape index (κ3) is 2.49. The molecule has 28 heavy (non-hydrogen) atoms. The molecule has 0 saturated carbocycles. The van der Waals surface area contributed by atoms with E-state index in [0.717, 1.165) is 41.8 Å². The van der Waals surface area contributed by atoms with Crippen molar-refractivity contribution in [3.8, 4) is 6.07 Å². The number of fused-ring (bicyclic) bond motifs is 5. The summed E-state index contributed by atoms with van der Waals surface area (Å²) >= 11 is 0. The molecule has 0 aromatic carbocycles. The lowest BCUT2D eigenvalue weighted by molar-refractivity contribution is 0.164. The fourth-order valence-electron chi connectivity index (χ4n) is 4.68. The number of rotatable bonds is 2. The predicted octanol–water partition coefficient (Wildman–Crippen LogP) is 1.82. The Morgan fingerprint density at radius 2 is 2.18 bits per heavy atom. The summed E-state index contributed by atoms with van der Waals surface area (Å²) in [5, 5.41) is 9.22. The first-order valence-electron chi connectivity index (χ1n) is 9.45. The summed E-state index contributed by atoms with van der Waals surface area (Å²) in [6.45, 7) is 2.53. The molecule has 2 bridgehead atoms. The standard InChI is InChI=1S/C21H19N5O2/c1-12-3-2-6-25-19(27)8-14(23-20(12)25)11-26-15-4-5-18(26)16-7-13(10-22)21(28)24-17(16)9-15/h2-3,6-8,15,18H,4-5,9,11H2,1H3,(H,24,28). The Balaban J connectivity index is 1.55. The van der Waals surface area contributed by atoms with Crippen molar-refractivity contribution in [1.82, 2.24) is 19.3 Å². The van der Waals surface area contributed by atoms with Crippen LogP contribution in [-0.4, -0.2) is 25.3 Å². The van der Waals surface area contributed by atoms with Crippen LogP contribution in [0.25, 0.3) is 5.65 Å². The van der Waals surface area contributed by atoms with Gasteiger partial charge in [0.2, 0.25) is 0 Å². The molecule has 0 amide bonds. The number of nitrogens with one attached hydrogen (secondary N) is 1. The molecule has 1 N–H and O–H groups in total. The largest absolute Gasteiger partial charge is 0.325 e. The number of aryl methyl sites for hydroxylation is 1. The van der Waals surface area contributed by atoms with Crippen molar-refractivity contribution in [3.05, 3.63) is 79.2 Å². The van der Waals surface area contributed by atoms with Crippen LogP contribution in [-0.2, 0) is 13.0 Å². The van der Waals surface area contributed by atoms with Gasteiger partial charge in [-0.3, -0.25) is 18.9 Å². The highest BCUT2D eigenvalue weighted by molar-refractivity contribution is 5.47. The van der Waals surface area contributed by atoms with Crippen molar-refractivity contribution in [2.24, 2.45) is 0 Å². The average Bonchev–Trinajstić information content (AvgIpc) is 2.95. The molecule has 5 rings (SSSR count). The Bertz CT molecular complexity index is 1270. The molecule has 2 aliphatic rings. The van der Waals surface area contributed by atoms with Gasteiger partial charge in [-0.1, -0.05) is 6.07 Å². The SMILES string of the molecule is Cc1cccn2c(=O)cc(CN3C4CCC3c3cc(C#N)c(=O)[nH]c3C4)nc12. The zero-order valence-corrected chi connectivity index (χ0v) is 15.5. The predicted molar refractivity (Wildman–Crippen MR) is 103 cm³/mol. The van der Waals surface area contributed by atoms with Gasteiger partial charge in [-0.15, -0.1) is 0 Å². The number of H-pyrrole nitrogens is 1. The number of pyridine rings is 2.